The van der Waals surface area contributed by atoms with Crippen molar-refractivity contribution < 1.29 is 14.3 Å². The third-order valence-corrected chi connectivity index (χ3v) is 4.72. The topological polar surface area (TPSA) is 91.8 Å². The van der Waals surface area contributed by atoms with Crippen molar-refractivity contribution in [2.24, 2.45) is 4.99 Å². The second-order valence-electron chi connectivity index (χ2n) is 5.71. The van der Waals surface area contributed by atoms with Gasteiger partial charge in [-0.2, -0.15) is 0 Å². The van der Waals surface area contributed by atoms with Gasteiger partial charge in [-0.25, -0.2) is 0 Å². The van der Waals surface area contributed by atoms with Crippen molar-refractivity contribution in [3.05, 3.63) is 54.1 Å². The second kappa shape index (κ2) is 9.09. The Morgan fingerprint density at radius 2 is 1.74 bits per heavy atom. The third-order valence-electron chi connectivity index (χ3n) is 3.76. The molecule has 0 radical (unpaired) electrons. The molecule has 0 saturated carbocycles. The van der Waals surface area contributed by atoms with Gasteiger partial charge in [0.05, 0.1) is 19.4 Å². The molecule has 2 aromatic rings. The van der Waals surface area contributed by atoms with E-state index in [0.29, 0.717) is 16.9 Å². The number of carbonyl (C=O) groups is 2. The van der Waals surface area contributed by atoms with Gasteiger partial charge >= 0.3 is 0 Å². The van der Waals surface area contributed by atoms with Crippen LogP contribution >= 0.6 is 11.8 Å². The number of hydrogen-bond acceptors (Lipinski definition) is 6. The molecule has 0 spiro atoms. The molecule has 0 aromatic heterocycles. The smallest absolute Gasteiger partial charge is 0.255 e. The number of thioether (sulfide) groups is 1. The number of anilines is 2. The van der Waals surface area contributed by atoms with E-state index < -0.39 is 0 Å². The highest BCUT2D eigenvalue weighted by Gasteiger charge is 2.10. The number of rotatable bonds is 6. The Labute approximate surface area is 161 Å². The zero-order chi connectivity index (χ0) is 19.1. The minimum atomic E-state index is -0.223. The van der Waals surface area contributed by atoms with Gasteiger partial charge < -0.3 is 20.7 Å². The van der Waals surface area contributed by atoms with Crippen LogP contribution in [0.3, 0.4) is 0 Å². The summed E-state index contributed by atoms with van der Waals surface area (Å²) in [5, 5.41) is 9.53. The average Bonchev–Trinajstić information content (AvgIpc) is 3.21. The number of hydrogen-bond donors (Lipinski definition) is 3. The van der Waals surface area contributed by atoms with E-state index in [2.05, 4.69) is 20.9 Å². The lowest BCUT2D eigenvalue weighted by Crippen LogP contribution is -2.20. The first kappa shape index (κ1) is 18.8. The van der Waals surface area contributed by atoms with Crippen LogP contribution in [0.4, 0.5) is 11.4 Å². The molecule has 0 fully saturated rings. The molecule has 0 saturated heterocycles. The summed E-state index contributed by atoms with van der Waals surface area (Å²) in [6.45, 7) is 1.58. The largest absolute Gasteiger partial charge is 0.497 e. The molecule has 8 heteroatoms. The highest BCUT2D eigenvalue weighted by Crippen LogP contribution is 2.17. The van der Waals surface area contributed by atoms with Gasteiger partial charge in [-0.15, -0.1) is 0 Å². The number of aliphatic imine (C=N–C) groups is 1. The molecule has 0 aliphatic carbocycles. The molecule has 2 aromatic carbocycles. The average molecular weight is 384 g/mol. The number of nitrogens with one attached hydrogen (secondary N) is 3. The van der Waals surface area contributed by atoms with Crippen LogP contribution in [0, 0.1) is 0 Å². The summed E-state index contributed by atoms with van der Waals surface area (Å²) in [5.74, 6) is 0.665. The summed E-state index contributed by atoms with van der Waals surface area (Å²) in [6, 6.07) is 13.8. The summed E-state index contributed by atoms with van der Waals surface area (Å²) < 4.78 is 5.09. The van der Waals surface area contributed by atoms with E-state index in [0.717, 1.165) is 24.0 Å². The maximum Gasteiger partial charge on any atom is 0.255 e. The molecule has 0 unspecified atom stereocenters. The van der Waals surface area contributed by atoms with Gasteiger partial charge in [0, 0.05) is 23.5 Å². The molecular formula is C19H20N4O3S. The first-order valence-electron chi connectivity index (χ1n) is 8.40. The first-order chi connectivity index (χ1) is 13.1. The van der Waals surface area contributed by atoms with E-state index in [4.69, 9.17) is 4.74 Å². The van der Waals surface area contributed by atoms with Crippen molar-refractivity contribution in [2.45, 2.75) is 0 Å². The minimum Gasteiger partial charge on any atom is -0.497 e. The molecule has 140 valence electrons. The first-order valence-corrected chi connectivity index (χ1v) is 9.39. The molecule has 3 N–H and O–H groups in total. The number of methoxy groups -OCH3 is 1. The van der Waals surface area contributed by atoms with E-state index >= 15 is 0 Å². The zero-order valence-corrected chi connectivity index (χ0v) is 15.6. The van der Waals surface area contributed by atoms with Crippen LogP contribution in [0.2, 0.25) is 0 Å². The number of ether oxygens (including phenoxy) is 1. The van der Waals surface area contributed by atoms with Crippen LogP contribution in [0.5, 0.6) is 5.75 Å². The van der Waals surface area contributed by atoms with E-state index in [1.165, 1.54) is 11.8 Å². The van der Waals surface area contributed by atoms with Crippen molar-refractivity contribution in [1.82, 2.24) is 5.32 Å². The maximum atomic E-state index is 12.3. The van der Waals surface area contributed by atoms with Gasteiger partial charge in [0.25, 0.3) is 5.91 Å². The number of carbonyl (C=O) groups excluding carboxylic acids is 2. The molecule has 2 amide bonds. The fourth-order valence-corrected chi connectivity index (χ4v) is 3.11. The molecule has 0 bridgehead atoms. The molecule has 1 aliphatic rings. The van der Waals surface area contributed by atoms with Crippen LogP contribution in [-0.2, 0) is 4.79 Å². The predicted molar refractivity (Wildman–Crippen MR) is 109 cm³/mol. The van der Waals surface area contributed by atoms with E-state index in [1.54, 1.807) is 55.6 Å². The Kier molecular flexibility index (Phi) is 6.32. The summed E-state index contributed by atoms with van der Waals surface area (Å²) >= 11 is 1.38. The fraction of sp³-hybridized carbons (Fsp3) is 0.211. The van der Waals surface area contributed by atoms with Crippen molar-refractivity contribution in [2.75, 3.05) is 36.6 Å². The highest BCUT2D eigenvalue weighted by atomic mass is 32.2. The van der Waals surface area contributed by atoms with Crippen LogP contribution < -0.4 is 20.7 Å². The van der Waals surface area contributed by atoms with Crippen LogP contribution in [0.1, 0.15) is 10.4 Å². The molecule has 1 aliphatic heterocycles. The molecule has 27 heavy (non-hydrogen) atoms. The van der Waals surface area contributed by atoms with Crippen LogP contribution in [-0.4, -0.2) is 42.9 Å². The quantitative estimate of drug-likeness (QED) is 0.712. The predicted octanol–water partition coefficient (Wildman–Crippen LogP) is 2.58. The Bertz CT molecular complexity index is 835. The second-order valence-corrected chi connectivity index (χ2v) is 6.67. The van der Waals surface area contributed by atoms with Crippen LogP contribution in [0.15, 0.2) is 53.5 Å². The lowest BCUT2D eigenvalue weighted by Gasteiger charge is -2.08. The van der Waals surface area contributed by atoms with Gasteiger partial charge in [-0.1, -0.05) is 11.8 Å². The zero-order valence-electron chi connectivity index (χ0n) is 14.8. The Balaban J connectivity index is 1.51. The lowest BCUT2D eigenvalue weighted by atomic mass is 10.2. The number of benzene rings is 2. The summed E-state index contributed by atoms with van der Waals surface area (Å²) in [6.07, 6.45) is 0. The van der Waals surface area contributed by atoms with Crippen molar-refractivity contribution in [3.8, 4) is 5.75 Å². The van der Waals surface area contributed by atoms with Crippen molar-refractivity contribution >= 4 is 40.1 Å². The molecule has 3 rings (SSSR count). The third kappa shape index (κ3) is 5.49. The Morgan fingerprint density at radius 1 is 1.07 bits per heavy atom. The minimum absolute atomic E-state index is 0.119. The molecule has 0 atom stereocenters. The number of amides is 2. The van der Waals surface area contributed by atoms with Gasteiger partial charge in [-0.3, -0.25) is 14.6 Å². The normalized spacial score (nSPS) is 12.7. The number of amidine groups is 1. The van der Waals surface area contributed by atoms with E-state index in [1.807, 2.05) is 0 Å². The summed E-state index contributed by atoms with van der Waals surface area (Å²) in [4.78, 5) is 28.5. The standard InChI is InChI=1S/C19H20N4O3S/c1-26-16-8-6-15(7-9-16)23-18(25)13-2-4-14(5-3-13)22-17(24)12-27-19-20-10-11-21-19/h2-9H,10-12H2,1H3,(H,20,21)(H,22,24)(H,23,25). The number of nitrogens with zero attached hydrogens (tertiary/aromatic N) is 1. The fourth-order valence-electron chi connectivity index (χ4n) is 2.39. The molecular weight excluding hydrogens is 364 g/mol. The Hall–Kier alpha value is -3.00. The molecule has 1 heterocycles. The SMILES string of the molecule is COc1ccc(NC(=O)c2ccc(NC(=O)CSC3=NCCN3)cc2)cc1. The van der Waals surface area contributed by atoms with Gasteiger partial charge in [0.1, 0.15) is 5.75 Å². The van der Waals surface area contributed by atoms with Gasteiger partial charge in [-0.05, 0) is 48.5 Å². The molecule has 7 nitrogen and oxygen atoms in total. The lowest BCUT2D eigenvalue weighted by molar-refractivity contribution is -0.113. The van der Waals surface area contributed by atoms with Crippen molar-refractivity contribution in [1.29, 1.82) is 0 Å². The maximum absolute atomic E-state index is 12.3. The monoisotopic (exact) mass is 384 g/mol. The van der Waals surface area contributed by atoms with E-state index in [-0.39, 0.29) is 17.6 Å². The summed E-state index contributed by atoms with van der Waals surface area (Å²) in [7, 11) is 1.59. The van der Waals surface area contributed by atoms with Gasteiger partial charge in [0.2, 0.25) is 5.91 Å². The van der Waals surface area contributed by atoms with Crippen LogP contribution in [0.25, 0.3) is 0 Å². The van der Waals surface area contributed by atoms with Crippen molar-refractivity contribution in [3.63, 3.8) is 0 Å². The van der Waals surface area contributed by atoms with E-state index in [9.17, 15) is 9.59 Å². The van der Waals surface area contributed by atoms with Gasteiger partial charge in [0.15, 0.2) is 5.17 Å². The Morgan fingerprint density at radius 3 is 2.37 bits per heavy atom. The highest BCUT2D eigenvalue weighted by molar-refractivity contribution is 8.14. The summed E-state index contributed by atoms with van der Waals surface area (Å²) in [5.41, 5.74) is 1.82.